The van der Waals surface area contributed by atoms with Gasteiger partial charge in [0.15, 0.2) is 0 Å². The Morgan fingerprint density at radius 1 is 1.73 bits per heavy atom. The fourth-order valence-corrected chi connectivity index (χ4v) is 1.10. The molecule has 0 aromatic heterocycles. The highest BCUT2D eigenvalue weighted by Gasteiger charge is 2.33. The lowest BCUT2D eigenvalue weighted by Crippen LogP contribution is -2.27. The summed E-state index contributed by atoms with van der Waals surface area (Å²) in [6.07, 6.45) is 1.76. The molecule has 62 valence electrons. The number of hydrogen-bond acceptors (Lipinski definition) is 3. The first-order valence-corrected chi connectivity index (χ1v) is 3.51. The minimum atomic E-state index is -0.479. The minimum Gasteiger partial charge on any atom is -0.466 e. The molecule has 0 aromatic carbocycles. The maximum Gasteiger partial charge on any atom is 0.336 e. The fourth-order valence-electron chi connectivity index (χ4n) is 1.10. The zero-order valence-electron chi connectivity index (χ0n) is 7.01. The summed E-state index contributed by atoms with van der Waals surface area (Å²) in [4.78, 5) is 11.1. The Labute approximate surface area is 66.0 Å². The summed E-state index contributed by atoms with van der Waals surface area (Å²) in [5.74, 6) is -0.299. The Balaban J connectivity index is 2.79. The first kappa shape index (κ1) is 8.27. The molecule has 0 radical (unpaired) electrons. The molecule has 3 nitrogen and oxygen atoms in total. The first-order valence-electron chi connectivity index (χ1n) is 3.51. The van der Waals surface area contributed by atoms with Gasteiger partial charge in [0.1, 0.15) is 0 Å². The molecule has 11 heavy (non-hydrogen) atoms. The van der Waals surface area contributed by atoms with E-state index in [1.165, 1.54) is 7.11 Å². The smallest absolute Gasteiger partial charge is 0.336 e. The Morgan fingerprint density at radius 3 is 2.73 bits per heavy atom. The van der Waals surface area contributed by atoms with Gasteiger partial charge in [-0.15, -0.1) is 0 Å². The third-order valence-electron chi connectivity index (χ3n) is 1.79. The summed E-state index contributed by atoms with van der Waals surface area (Å²) in [6.45, 7) is 4.20. The SMILES string of the molecule is COC(=O)C1=CCOC1(C)C. The van der Waals surface area contributed by atoms with Crippen LogP contribution in [0.25, 0.3) is 0 Å². The number of carbonyl (C=O) groups is 1. The van der Waals surface area contributed by atoms with Crippen LogP contribution < -0.4 is 0 Å². The minimum absolute atomic E-state index is 0.299. The number of esters is 1. The molecule has 0 amide bonds. The molecule has 0 aromatic rings. The average Bonchev–Trinajstić information content (AvgIpc) is 2.28. The predicted octanol–water partition coefficient (Wildman–Crippen LogP) is 0.895. The standard InChI is InChI=1S/C8H12O3/c1-8(2)6(4-5-11-8)7(9)10-3/h4H,5H2,1-3H3. The highest BCUT2D eigenvalue weighted by Crippen LogP contribution is 2.26. The summed E-state index contributed by atoms with van der Waals surface area (Å²) < 4.78 is 9.86. The van der Waals surface area contributed by atoms with E-state index in [2.05, 4.69) is 4.74 Å². The van der Waals surface area contributed by atoms with Gasteiger partial charge in [0.2, 0.25) is 0 Å². The molecule has 0 bridgehead atoms. The van der Waals surface area contributed by atoms with E-state index in [4.69, 9.17) is 4.74 Å². The highest BCUT2D eigenvalue weighted by atomic mass is 16.5. The molecule has 0 atom stereocenters. The lowest BCUT2D eigenvalue weighted by atomic mass is 10.00. The van der Waals surface area contributed by atoms with Crippen LogP contribution in [0.15, 0.2) is 11.6 Å². The first-order chi connectivity index (χ1) is 5.08. The Morgan fingerprint density at radius 2 is 2.36 bits per heavy atom. The highest BCUT2D eigenvalue weighted by molar-refractivity contribution is 5.90. The second-order valence-corrected chi connectivity index (χ2v) is 2.93. The van der Waals surface area contributed by atoms with Crippen molar-refractivity contribution in [3.63, 3.8) is 0 Å². The molecule has 1 aliphatic rings. The van der Waals surface area contributed by atoms with Crippen LogP contribution in [0.5, 0.6) is 0 Å². The molecule has 0 unspecified atom stereocenters. The Hall–Kier alpha value is -0.830. The van der Waals surface area contributed by atoms with Crippen molar-refractivity contribution in [2.24, 2.45) is 0 Å². The third-order valence-corrected chi connectivity index (χ3v) is 1.79. The number of ether oxygens (including phenoxy) is 2. The van der Waals surface area contributed by atoms with Crippen molar-refractivity contribution in [1.82, 2.24) is 0 Å². The molecule has 0 spiro atoms. The van der Waals surface area contributed by atoms with Gasteiger partial charge in [0.05, 0.1) is 24.9 Å². The lowest BCUT2D eigenvalue weighted by molar-refractivity contribution is -0.138. The topological polar surface area (TPSA) is 35.5 Å². The van der Waals surface area contributed by atoms with Crippen molar-refractivity contribution >= 4 is 5.97 Å². The third kappa shape index (κ3) is 1.43. The number of carbonyl (C=O) groups excluding carboxylic acids is 1. The molecule has 1 aliphatic heterocycles. The molecular weight excluding hydrogens is 144 g/mol. The van der Waals surface area contributed by atoms with Crippen LogP contribution in [0, 0.1) is 0 Å². The fraction of sp³-hybridized carbons (Fsp3) is 0.625. The van der Waals surface area contributed by atoms with Gasteiger partial charge in [-0.05, 0) is 19.9 Å². The summed E-state index contributed by atoms with van der Waals surface area (Å²) in [7, 11) is 1.37. The molecule has 1 heterocycles. The van der Waals surface area contributed by atoms with Crippen molar-refractivity contribution in [2.45, 2.75) is 19.4 Å². The van der Waals surface area contributed by atoms with E-state index < -0.39 is 5.60 Å². The lowest BCUT2D eigenvalue weighted by Gasteiger charge is -2.19. The number of hydrogen-bond donors (Lipinski definition) is 0. The van der Waals surface area contributed by atoms with E-state index in [1.54, 1.807) is 6.08 Å². The van der Waals surface area contributed by atoms with Gasteiger partial charge in [-0.1, -0.05) is 0 Å². The zero-order chi connectivity index (χ0) is 8.48. The van der Waals surface area contributed by atoms with Crippen LogP contribution in [-0.4, -0.2) is 25.3 Å². The van der Waals surface area contributed by atoms with E-state index in [1.807, 2.05) is 13.8 Å². The second-order valence-electron chi connectivity index (χ2n) is 2.93. The normalized spacial score (nSPS) is 21.2. The van der Waals surface area contributed by atoms with E-state index in [0.29, 0.717) is 12.2 Å². The van der Waals surface area contributed by atoms with Crippen LogP contribution in [0.4, 0.5) is 0 Å². The van der Waals surface area contributed by atoms with Crippen molar-refractivity contribution < 1.29 is 14.3 Å². The van der Waals surface area contributed by atoms with Crippen LogP contribution in [0.3, 0.4) is 0 Å². The monoisotopic (exact) mass is 156 g/mol. The molecule has 0 saturated carbocycles. The van der Waals surface area contributed by atoms with E-state index in [0.717, 1.165) is 0 Å². The maximum absolute atomic E-state index is 11.1. The van der Waals surface area contributed by atoms with Crippen LogP contribution >= 0.6 is 0 Å². The van der Waals surface area contributed by atoms with E-state index in [-0.39, 0.29) is 5.97 Å². The van der Waals surface area contributed by atoms with Crippen molar-refractivity contribution in [3.05, 3.63) is 11.6 Å². The summed E-state index contributed by atoms with van der Waals surface area (Å²) in [5, 5.41) is 0. The van der Waals surface area contributed by atoms with Crippen molar-refractivity contribution in [2.75, 3.05) is 13.7 Å². The van der Waals surface area contributed by atoms with Gasteiger partial charge in [-0.2, -0.15) is 0 Å². The van der Waals surface area contributed by atoms with Gasteiger partial charge >= 0.3 is 5.97 Å². The van der Waals surface area contributed by atoms with Crippen molar-refractivity contribution in [3.8, 4) is 0 Å². The maximum atomic E-state index is 11.1. The van der Waals surface area contributed by atoms with Crippen LogP contribution in [-0.2, 0) is 14.3 Å². The van der Waals surface area contributed by atoms with Gasteiger partial charge in [0.25, 0.3) is 0 Å². The van der Waals surface area contributed by atoms with Gasteiger partial charge in [0, 0.05) is 0 Å². The van der Waals surface area contributed by atoms with Crippen molar-refractivity contribution in [1.29, 1.82) is 0 Å². The van der Waals surface area contributed by atoms with Gasteiger partial charge < -0.3 is 9.47 Å². The molecule has 0 fully saturated rings. The molecule has 0 aliphatic carbocycles. The van der Waals surface area contributed by atoms with E-state index in [9.17, 15) is 4.79 Å². The Kier molecular flexibility index (Phi) is 2.00. The largest absolute Gasteiger partial charge is 0.466 e. The number of methoxy groups -OCH3 is 1. The summed E-state index contributed by atoms with van der Waals surface area (Å²) >= 11 is 0. The molecule has 1 rings (SSSR count). The average molecular weight is 156 g/mol. The molecule has 3 heteroatoms. The molecule has 0 saturated heterocycles. The zero-order valence-corrected chi connectivity index (χ0v) is 7.01. The molecular formula is C8H12O3. The van der Waals surface area contributed by atoms with Gasteiger partial charge in [-0.25, -0.2) is 4.79 Å². The number of rotatable bonds is 1. The second kappa shape index (κ2) is 2.66. The Bertz CT molecular complexity index is 203. The van der Waals surface area contributed by atoms with Crippen LogP contribution in [0.2, 0.25) is 0 Å². The van der Waals surface area contributed by atoms with Gasteiger partial charge in [-0.3, -0.25) is 0 Å². The quantitative estimate of drug-likeness (QED) is 0.529. The summed E-state index contributed by atoms with van der Waals surface area (Å²) in [5.41, 5.74) is 0.132. The van der Waals surface area contributed by atoms with Crippen LogP contribution in [0.1, 0.15) is 13.8 Å². The predicted molar refractivity (Wildman–Crippen MR) is 40.1 cm³/mol. The van der Waals surface area contributed by atoms with E-state index >= 15 is 0 Å². The summed E-state index contributed by atoms with van der Waals surface area (Å²) in [6, 6.07) is 0. The molecule has 0 N–H and O–H groups in total.